The Balaban J connectivity index is 1.16. The molecule has 5 N–H and O–H groups in total. The first-order chi connectivity index (χ1) is 23.2. The number of hydrogen-bond acceptors (Lipinski definition) is 12. The first-order valence-corrected chi connectivity index (χ1v) is 16.0. The Labute approximate surface area is 285 Å². The highest BCUT2D eigenvalue weighted by Crippen LogP contribution is 2.34. The van der Waals surface area contributed by atoms with Gasteiger partial charge in [-0.15, -0.1) is 4.91 Å². The lowest BCUT2D eigenvalue weighted by molar-refractivity contribution is 0.00988. The molecule has 3 aromatic carbocycles. The van der Waals surface area contributed by atoms with Gasteiger partial charge in [-0.05, 0) is 67.0 Å². The summed E-state index contributed by atoms with van der Waals surface area (Å²) in [6, 6.07) is 18.6. The first kappa shape index (κ1) is 36.9. The van der Waals surface area contributed by atoms with Crippen LogP contribution in [0.25, 0.3) is 0 Å². The molecule has 2 unspecified atom stereocenters. The average molecular weight is 682 g/mol. The van der Waals surface area contributed by atoms with Gasteiger partial charge in [0.2, 0.25) is 0 Å². The second-order valence-electron chi connectivity index (χ2n) is 11.0. The molecule has 0 bridgehead atoms. The predicted molar refractivity (Wildman–Crippen MR) is 185 cm³/mol. The Morgan fingerprint density at radius 3 is 2.23 bits per heavy atom. The minimum Gasteiger partial charge on any atom is -0.491 e. The van der Waals surface area contributed by atoms with Crippen molar-refractivity contribution in [3.05, 3.63) is 93.4 Å². The van der Waals surface area contributed by atoms with Crippen molar-refractivity contribution in [1.29, 1.82) is 0 Å². The molecule has 3 aromatic rings. The highest BCUT2D eigenvalue weighted by atomic mass is 35.5. The summed E-state index contributed by atoms with van der Waals surface area (Å²) < 4.78 is 22.6. The van der Waals surface area contributed by atoms with Crippen molar-refractivity contribution < 1.29 is 33.8 Å². The molecule has 0 aliphatic carbocycles. The van der Waals surface area contributed by atoms with Gasteiger partial charge in [0, 0.05) is 33.9 Å². The van der Waals surface area contributed by atoms with Crippen molar-refractivity contribution in [2.24, 2.45) is 15.9 Å². The van der Waals surface area contributed by atoms with Crippen molar-refractivity contribution in [2.45, 2.75) is 32.2 Å². The van der Waals surface area contributed by atoms with Crippen molar-refractivity contribution in [3.8, 4) is 5.75 Å². The molecular formula is C33H41BClN5O8. The van der Waals surface area contributed by atoms with E-state index in [2.05, 4.69) is 10.5 Å². The minimum atomic E-state index is -1.57. The first-order valence-electron chi connectivity index (χ1n) is 15.6. The number of nitrogens with two attached hydrogens (primary N) is 1. The molecule has 48 heavy (non-hydrogen) atoms. The fourth-order valence-corrected chi connectivity index (χ4v) is 5.13. The van der Waals surface area contributed by atoms with Crippen molar-refractivity contribution >= 4 is 41.5 Å². The Kier molecular flexibility index (Phi) is 14.3. The number of anilines is 1. The number of benzene rings is 3. The van der Waals surface area contributed by atoms with Gasteiger partial charge in [0.1, 0.15) is 18.5 Å². The normalized spacial score (nSPS) is 16.4. The number of rotatable bonds is 18. The quantitative estimate of drug-likeness (QED) is 0.0885. The van der Waals surface area contributed by atoms with Gasteiger partial charge in [0.05, 0.1) is 51.4 Å². The highest BCUT2D eigenvalue weighted by molar-refractivity contribution is 6.58. The Hall–Kier alpha value is -3.89. The van der Waals surface area contributed by atoms with Crippen LogP contribution in [0, 0.1) is 4.91 Å². The van der Waals surface area contributed by atoms with Gasteiger partial charge in [-0.1, -0.05) is 35.9 Å². The minimum absolute atomic E-state index is 0.277. The van der Waals surface area contributed by atoms with Gasteiger partial charge in [0.25, 0.3) is 5.91 Å². The van der Waals surface area contributed by atoms with Gasteiger partial charge in [-0.2, -0.15) is 0 Å². The summed E-state index contributed by atoms with van der Waals surface area (Å²) in [6.45, 7) is 6.41. The van der Waals surface area contributed by atoms with Gasteiger partial charge < -0.3 is 44.9 Å². The molecule has 256 valence electrons. The molecule has 0 radical (unpaired) electrons. The number of ether oxygens (including phenoxy) is 4. The number of benzodiazepines with no additional fused rings is 1. The number of nitroso groups, excluding NO2 is 1. The summed E-state index contributed by atoms with van der Waals surface area (Å²) in [4.78, 5) is 30.4. The molecule has 3 atom stereocenters. The van der Waals surface area contributed by atoms with Crippen LogP contribution in [-0.2, 0) is 14.2 Å². The van der Waals surface area contributed by atoms with E-state index in [1.54, 1.807) is 24.0 Å². The van der Waals surface area contributed by atoms with Crippen LogP contribution in [0.5, 0.6) is 5.75 Å². The summed E-state index contributed by atoms with van der Waals surface area (Å²) >= 11 is 6.14. The molecule has 4 rings (SSSR count). The SMILES string of the molecule is CC(N=O)N1c2ccc(OCCOCCOCCOCCNC(=O)c3ccc(B(O)O)cc3)cc2C(c2ccc(Cl)cc2)=N[C@@H](C)C1N. The number of aliphatic imine (C=N–C) groups is 1. The summed E-state index contributed by atoms with van der Waals surface area (Å²) in [7, 11) is -1.57. The molecule has 1 aliphatic heterocycles. The van der Waals surface area contributed by atoms with Gasteiger partial charge >= 0.3 is 7.12 Å². The number of fused-ring (bicyclic) bond motifs is 1. The van der Waals surface area contributed by atoms with Crippen molar-refractivity contribution in [1.82, 2.24) is 5.32 Å². The van der Waals surface area contributed by atoms with E-state index < -0.39 is 19.4 Å². The van der Waals surface area contributed by atoms with Gasteiger partial charge in [-0.3, -0.25) is 9.79 Å². The molecule has 1 amide bonds. The van der Waals surface area contributed by atoms with E-state index in [1.165, 1.54) is 24.3 Å². The smallest absolute Gasteiger partial charge is 0.488 e. The topological polar surface area (TPSA) is 178 Å². The monoisotopic (exact) mass is 681 g/mol. The molecule has 0 saturated carbocycles. The highest BCUT2D eigenvalue weighted by Gasteiger charge is 2.32. The third-order valence-corrected chi connectivity index (χ3v) is 7.82. The third kappa shape index (κ3) is 10.3. The zero-order chi connectivity index (χ0) is 34.5. The summed E-state index contributed by atoms with van der Waals surface area (Å²) in [5.74, 6) is 0.333. The van der Waals surface area contributed by atoms with Crippen LogP contribution in [0.2, 0.25) is 5.02 Å². The van der Waals surface area contributed by atoms with E-state index in [1.807, 2.05) is 37.3 Å². The van der Waals surface area contributed by atoms with E-state index in [0.29, 0.717) is 80.3 Å². The van der Waals surface area contributed by atoms with Crippen LogP contribution in [0.1, 0.15) is 35.3 Å². The van der Waals surface area contributed by atoms with Crippen LogP contribution in [0.15, 0.2) is 76.9 Å². The average Bonchev–Trinajstić information content (AvgIpc) is 3.20. The second kappa shape index (κ2) is 18.6. The van der Waals surface area contributed by atoms with E-state index in [0.717, 1.165) is 16.8 Å². The Morgan fingerprint density at radius 2 is 1.60 bits per heavy atom. The van der Waals surface area contributed by atoms with Crippen molar-refractivity contribution in [3.63, 3.8) is 0 Å². The largest absolute Gasteiger partial charge is 0.491 e. The van der Waals surface area contributed by atoms with Crippen LogP contribution in [0.3, 0.4) is 0 Å². The van der Waals surface area contributed by atoms with E-state index >= 15 is 0 Å². The summed E-state index contributed by atoms with van der Waals surface area (Å²) in [6.07, 6.45) is -1.27. The predicted octanol–water partition coefficient (Wildman–Crippen LogP) is 2.32. The van der Waals surface area contributed by atoms with Crippen LogP contribution in [-0.4, -0.2) is 100.0 Å². The lowest BCUT2D eigenvalue weighted by atomic mass is 9.80. The number of carbonyl (C=O) groups is 1. The number of amides is 1. The fourth-order valence-electron chi connectivity index (χ4n) is 5.01. The molecule has 0 aromatic heterocycles. The third-order valence-electron chi connectivity index (χ3n) is 7.57. The van der Waals surface area contributed by atoms with E-state index in [4.69, 9.17) is 51.3 Å². The summed E-state index contributed by atoms with van der Waals surface area (Å²) in [5.41, 5.74) is 10.3. The van der Waals surface area contributed by atoms with Crippen LogP contribution in [0.4, 0.5) is 5.69 Å². The summed E-state index contributed by atoms with van der Waals surface area (Å²) in [5, 5.41) is 24.8. The van der Waals surface area contributed by atoms with Gasteiger partial charge in [0.15, 0.2) is 6.17 Å². The number of nitrogens with one attached hydrogen (secondary N) is 1. The van der Waals surface area contributed by atoms with E-state index in [9.17, 15) is 9.70 Å². The lowest BCUT2D eigenvalue weighted by Crippen LogP contribution is -2.51. The molecule has 0 saturated heterocycles. The molecule has 1 heterocycles. The maximum absolute atomic E-state index is 12.1. The van der Waals surface area contributed by atoms with Crippen molar-refractivity contribution in [2.75, 3.05) is 57.7 Å². The zero-order valence-corrected chi connectivity index (χ0v) is 27.7. The zero-order valence-electron chi connectivity index (χ0n) is 27.0. The maximum Gasteiger partial charge on any atom is 0.488 e. The van der Waals surface area contributed by atoms with Crippen LogP contribution >= 0.6 is 11.6 Å². The maximum atomic E-state index is 12.1. The Morgan fingerprint density at radius 1 is 0.979 bits per heavy atom. The molecule has 1 aliphatic rings. The number of hydrogen-bond donors (Lipinski definition) is 4. The second-order valence-corrected chi connectivity index (χ2v) is 11.4. The molecule has 15 heteroatoms. The standard InChI is InChI=1S/C33H41BClN5O8/c1-22-32(36)40(23(2)39-44)30-12-11-28(21-29(30)31(38-22)24-5-9-27(35)10-6-24)48-20-19-47-18-17-46-16-15-45-14-13-37-33(41)25-3-7-26(8-4-25)34(42)43/h3-12,21-23,32,42-43H,13-20,36H2,1-2H3,(H,37,41)/t22-,23?,32?/m0/s1. The Bertz CT molecular complexity index is 1510. The molecule has 0 fully saturated rings. The number of carbonyl (C=O) groups excluding carboxylic acids is 1. The molecular weight excluding hydrogens is 641 g/mol. The number of halogens is 1. The van der Waals surface area contributed by atoms with Gasteiger partial charge in [-0.25, -0.2) is 0 Å². The van der Waals surface area contributed by atoms with Crippen LogP contribution < -0.4 is 26.2 Å². The van der Waals surface area contributed by atoms with E-state index in [-0.39, 0.29) is 11.9 Å². The molecule has 0 spiro atoms. The molecule has 13 nitrogen and oxygen atoms in total. The number of nitrogens with zero attached hydrogens (tertiary/aromatic N) is 3. The lowest BCUT2D eigenvalue weighted by Gasteiger charge is -2.34. The fraction of sp³-hybridized carbons (Fsp3) is 0.394.